The molecule has 2 heterocycles. The van der Waals surface area contributed by atoms with E-state index in [-0.39, 0.29) is 24.2 Å². The van der Waals surface area contributed by atoms with E-state index in [1.54, 1.807) is 16.7 Å². The van der Waals surface area contributed by atoms with E-state index < -0.39 is 12.1 Å². The Hall–Kier alpha value is -0.750. The number of carbonyl (C=O) groups excluding carboxylic acids is 1. The van der Waals surface area contributed by atoms with Crippen LogP contribution >= 0.6 is 24.2 Å². The molecule has 0 aromatic rings. The molecule has 4 unspecified atom stereocenters. The monoisotopic (exact) mass is 328 g/mol. The van der Waals surface area contributed by atoms with E-state index in [1.807, 2.05) is 17.6 Å². The van der Waals surface area contributed by atoms with E-state index in [4.69, 9.17) is 5.73 Å². The van der Waals surface area contributed by atoms with Crippen molar-refractivity contribution in [1.29, 1.82) is 0 Å². The summed E-state index contributed by atoms with van der Waals surface area (Å²) in [4.78, 5) is 14.0. The van der Waals surface area contributed by atoms with Gasteiger partial charge in [0.2, 0.25) is 5.91 Å². The van der Waals surface area contributed by atoms with E-state index in [2.05, 4.69) is 12.2 Å². The maximum atomic E-state index is 12.3. The highest BCUT2D eigenvalue weighted by Crippen LogP contribution is 2.41. The van der Waals surface area contributed by atoms with Crippen molar-refractivity contribution in [3.8, 4) is 0 Å². The van der Waals surface area contributed by atoms with E-state index in [0.717, 1.165) is 31.5 Å². The van der Waals surface area contributed by atoms with Crippen molar-refractivity contribution < 1.29 is 9.90 Å². The number of hydrogen-bond acceptors (Lipinski definition) is 4. The fraction of sp³-hybridized carbons (Fsp3) is 0.533. The molecule has 3 rings (SSSR count). The predicted octanol–water partition coefficient (Wildman–Crippen LogP) is 1.46. The van der Waals surface area contributed by atoms with Crippen LogP contribution in [0.25, 0.3) is 0 Å². The summed E-state index contributed by atoms with van der Waals surface area (Å²) in [5, 5.41) is 12.8. The first-order valence-electron chi connectivity index (χ1n) is 7.11. The molecule has 2 aliphatic heterocycles. The van der Waals surface area contributed by atoms with Gasteiger partial charge in [0.1, 0.15) is 12.1 Å². The normalized spacial score (nSPS) is 29.6. The van der Waals surface area contributed by atoms with Gasteiger partial charge in [-0.05, 0) is 23.8 Å². The van der Waals surface area contributed by atoms with Crippen molar-refractivity contribution in [3.63, 3.8) is 0 Å². The highest BCUT2D eigenvalue weighted by atomic mass is 35.5. The molecule has 4 atom stereocenters. The largest absolute Gasteiger partial charge is 0.387 e. The molecule has 6 heteroatoms. The standard InChI is InChI=1S/C15H20N2O2S.ClH/c16-13(15(19)17-7-3-4-8-17)14(18)11-9-20-12-6-2-1-5-10(11)12;/h1-2,5-6,9-10,12-14,18H,3-4,7-8,16H2;1H. The van der Waals surface area contributed by atoms with Gasteiger partial charge in [-0.25, -0.2) is 0 Å². The number of thioether (sulfide) groups is 1. The number of allylic oxidation sites excluding steroid dienone is 3. The van der Waals surface area contributed by atoms with Crippen molar-refractivity contribution in [3.05, 3.63) is 35.3 Å². The van der Waals surface area contributed by atoms with Crippen molar-refractivity contribution >= 4 is 30.1 Å². The highest BCUT2D eigenvalue weighted by Gasteiger charge is 2.37. The summed E-state index contributed by atoms with van der Waals surface area (Å²) in [6.45, 7) is 1.53. The van der Waals surface area contributed by atoms with Crippen LogP contribution in [0.5, 0.6) is 0 Å². The minimum absolute atomic E-state index is 0. The Balaban J connectivity index is 0.00000161. The lowest BCUT2D eigenvalue weighted by Gasteiger charge is -2.27. The quantitative estimate of drug-likeness (QED) is 0.823. The van der Waals surface area contributed by atoms with Crippen LogP contribution in [-0.4, -0.2) is 46.4 Å². The third-order valence-corrected chi connectivity index (χ3v) is 5.39. The molecule has 0 aromatic carbocycles. The number of fused-ring (bicyclic) bond motifs is 1. The average Bonchev–Trinajstić information content (AvgIpc) is 3.14. The summed E-state index contributed by atoms with van der Waals surface area (Å²) < 4.78 is 0. The smallest absolute Gasteiger partial charge is 0.242 e. The summed E-state index contributed by atoms with van der Waals surface area (Å²) in [5.41, 5.74) is 6.88. The van der Waals surface area contributed by atoms with E-state index in [0.29, 0.717) is 5.25 Å². The second-order valence-corrected chi connectivity index (χ2v) is 6.57. The van der Waals surface area contributed by atoms with Gasteiger partial charge < -0.3 is 15.7 Å². The Labute approximate surface area is 135 Å². The topological polar surface area (TPSA) is 66.6 Å². The summed E-state index contributed by atoms with van der Waals surface area (Å²) in [6.07, 6.45) is 9.39. The number of aliphatic hydroxyl groups is 1. The Morgan fingerprint density at radius 3 is 2.71 bits per heavy atom. The molecule has 1 fully saturated rings. The molecule has 4 nitrogen and oxygen atoms in total. The van der Waals surface area contributed by atoms with E-state index in [9.17, 15) is 9.90 Å². The van der Waals surface area contributed by atoms with Crippen LogP contribution in [0, 0.1) is 5.92 Å². The van der Waals surface area contributed by atoms with Crippen molar-refractivity contribution in [2.45, 2.75) is 30.2 Å². The molecular formula is C15H21ClN2O2S. The minimum atomic E-state index is -0.887. The lowest BCUT2D eigenvalue weighted by atomic mass is 9.87. The number of halogens is 1. The Morgan fingerprint density at radius 1 is 1.33 bits per heavy atom. The summed E-state index contributed by atoms with van der Waals surface area (Å²) in [6, 6.07) is -0.849. The van der Waals surface area contributed by atoms with Crippen molar-refractivity contribution in [1.82, 2.24) is 4.90 Å². The number of aliphatic hydroxyl groups excluding tert-OH is 1. The minimum Gasteiger partial charge on any atom is -0.387 e. The third-order valence-electron chi connectivity index (χ3n) is 4.22. The SMILES string of the molecule is Cl.NC(C(=O)N1CCCC1)C(O)C1=CSC2C=CC=CC12. The number of nitrogens with zero attached hydrogens (tertiary/aromatic N) is 1. The molecular weight excluding hydrogens is 308 g/mol. The molecule has 0 spiro atoms. The average molecular weight is 329 g/mol. The number of amides is 1. The van der Waals surface area contributed by atoms with Crippen molar-refractivity contribution in [2.24, 2.45) is 11.7 Å². The molecule has 3 N–H and O–H groups in total. The van der Waals surface area contributed by atoms with Crippen molar-refractivity contribution in [2.75, 3.05) is 13.1 Å². The van der Waals surface area contributed by atoms with Gasteiger partial charge in [-0.1, -0.05) is 24.3 Å². The lowest BCUT2D eigenvalue weighted by Crippen LogP contribution is -2.50. The first-order chi connectivity index (χ1) is 9.68. The first-order valence-corrected chi connectivity index (χ1v) is 8.05. The Kier molecular flexibility index (Phi) is 5.54. The van der Waals surface area contributed by atoms with Gasteiger partial charge in [0, 0.05) is 24.3 Å². The van der Waals surface area contributed by atoms with Crippen LogP contribution in [0.15, 0.2) is 35.3 Å². The van der Waals surface area contributed by atoms with Crippen LogP contribution in [0.1, 0.15) is 12.8 Å². The maximum absolute atomic E-state index is 12.3. The highest BCUT2D eigenvalue weighted by molar-refractivity contribution is 8.03. The molecule has 1 aliphatic carbocycles. The fourth-order valence-electron chi connectivity index (χ4n) is 3.01. The van der Waals surface area contributed by atoms with Gasteiger partial charge in [-0.3, -0.25) is 4.79 Å². The molecule has 0 saturated carbocycles. The Morgan fingerprint density at radius 2 is 2.00 bits per heavy atom. The second-order valence-electron chi connectivity index (χ2n) is 5.52. The van der Waals surface area contributed by atoms with Crippen LogP contribution < -0.4 is 5.73 Å². The zero-order chi connectivity index (χ0) is 14.1. The van der Waals surface area contributed by atoms with Gasteiger partial charge in [-0.2, -0.15) is 0 Å². The van der Waals surface area contributed by atoms with Gasteiger partial charge in [-0.15, -0.1) is 24.2 Å². The number of rotatable bonds is 3. The lowest BCUT2D eigenvalue weighted by molar-refractivity contribution is -0.133. The first kappa shape index (κ1) is 16.6. The molecule has 1 saturated heterocycles. The van der Waals surface area contributed by atoms with Gasteiger partial charge in [0.05, 0.1) is 0 Å². The van der Waals surface area contributed by atoms with Gasteiger partial charge >= 0.3 is 0 Å². The van der Waals surface area contributed by atoms with Gasteiger partial charge in [0.25, 0.3) is 0 Å². The molecule has 116 valence electrons. The van der Waals surface area contributed by atoms with Crippen LogP contribution in [0.2, 0.25) is 0 Å². The number of carbonyl (C=O) groups is 1. The number of hydrogen-bond donors (Lipinski definition) is 2. The Bertz CT molecular complexity index is 486. The number of nitrogens with two attached hydrogens (primary N) is 1. The van der Waals surface area contributed by atoms with Gasteiger partial charge in [0.15, 0.2) is 0 Å². The molecule has 0 aromatic heterocycles. The summed E-state index contributed by atoms with van der Waals surface area (Å²) in [7, 11) is 0. The third kappa shape index (κ3) is 3.21. The zero-order valence-corrected chi connectivity index (χ0v) is 13.4. The predicted molar refractivity (Wildman–Crippen MR) is 88.3 cm³/mol. The zero-order valence-electron chi connectivity index (χ0n) is 11.7. The molecule has 0 radical (unpaired) electrons. The number of likely N-dealkylation sites (tertiary alicyclic amines) is 1. The molecule has 21 heavy (non-hydrogen) atoms. The summed E-state index contributed by atoms with van der Waals surface area (Å²) in [5.74, 6) is 0.0390. The molecule has 1 amide bonds. The molecule has 3 aliphatic rings. The second kappa shape index (κ2) is 7.01. The van der Waals surface area contributed by atoms with Crippen LogP contribution in [-0.2, 0) is 4.79 Å². The molecule has 0 bridgehead atoms. The van der Waals surface area contributed by atoms with Crippen LogP contribution in [0.3, 0.4) is 0 Å². The van der Waals surface area contributed by atoms with Crippen LogP contribution in [0.4, 0.5) is 0 Å². The maximum Gasteiger partial charge on any atom is 0.242 e. The van der Waals surface area contributed by atoms with E-state index >= 15 is 0 Å². The van der Waals surface area contributed by atoms with E-state index in [1.165, 1.54) is 0 Å². The fourth-order valence-corrected chi connectivity index (χ4v) is 4.22. The summed E-state index contributed by atoms with van der Waals surface area (Å²) >= 11 is 1.68.